The van der Waals surface area contributed by atoms with Crippen LogP contribution in [0.2, 0.25) is 5.02 Å². The van der Waals surface area contributed by atoms with Crippen molar-refractivity contribution >= 4 is 17.5 Å². The highest BCUT2D eigenvalue weighted by Gasteiger charge is 2.29. The van der Waals surface area contributed by atoms with Crippen molar-refractivity contribution in [2.45, 2.75) is 58.6 Å². The fourth-order valence-electron chi connectivity index (χ4n) is 2.93. The summed E-state index contributed by atoms with van der Waals surface area (Å²) >= 11 is 5.94. The number of halogens is 1. The summed E-state index contributed by atoms with van der Waals surface area (Å²) in [4.78, 5) is 14.6. The molecule has 0 spiro atoms. The summed E-state index contributed by atoms with van der Waals surface area (Å²) in [5.41, 5.74) is 0.952. The first kappa shape index (κ1) is 16.2. The average Bonchev–Trinajstić information content (AvgIpc) is 2.49. The molecule has 1 saturated heterocycles. The first-order valence-corrected chi connectivity index (χ1v) is 8.14. The van der Waals surface area contributed by atoms with E-state index in [4.69, 9.17) is 16.3 Å². The molecule has 2 rings (SSSR count). The van der Waals surface area contributed by atoms with Gasteiger partial charge in [0.25, 0.3) is 5.91 Å². The van der Waals surface area contributed by atoms with E-state index in [1.165, 1.54) is 6.42 Å². The molecule has 1 heterocycles. The minimum atomic E-state index is -0.461. The summed E-state index contributed by atoms with van der Waals surface area (Å²) < 4.78 is 5.86. The molecule has 0 aromatic heterocycles. The molecular formula is C17H24ClNO2. The maximum absolute atomic E-state index is 12.6. The Hall–Kier alpha value is -1.22. The van der Waals surface area contributed by atoms with Crippen molar-refractivity contribution in [1.82, 2.24) is 4.90 Å². The summed E-state index contributed by atoms with van der Waals surface area (Å²) in [7, 11) is 0. The van der Waals surface area contributed by atoms with E-state index in [1.54, 1.807) is 6.07 Å². The van der Waals surface area contributed by atoms with Crippen molar-refractivity contribution in [2.75, 3.05) is 6.54 Å². The highest BCUT2D eigenvalue weighted by Crippen LogP contribution is 2.25. The second-order valence-electron chi connectivity index (χ2n) is 5.76. The number of amides is 1. The summed E-state index contributed by atoms with van der Waals surface area (Å²) in [6, 6.07) is 5.83. The number of ether oxygens (including phenoxy) is 1. The Labute approximate surface area is 132 Å². The first-order chi connectivity index (χ1) is 10.0. The van der Waals surface area contributed by atoms with Gasteiger partial charge in [-0.3, -0.25) is 4.79 Å². The number of rotatable bonds is 4. The van der Waals surface area contributed by atoms with Gasteiger partial charge in [-0.15, -0.1) is 0 Å². The Balaban J connectivity index is 2.04. The van der Waals surface area contributed by atoms with Gasteiger partial charge in [-0.2, -0.15) is 0 Å². The number of carbonyl (C=O) groups is 1. The average molecular weight is 310 g/mol. The minimum Gasteiger partial charge on any atom is -0.481 e. The van der Waals surface area contributed by atoms with Crippen LogP contribution in [0, 0.1) is 6.92 Å². The number of nitrogens with zero attached hydrogens (tertiary/aromatic N) is 1. The van der Waals surface area contributed by atoms with Gasteiger partial charge in [0.2, 0.25) is 0 Å². The zero-order chi connectivity index (χ0) is 15.4. The monoisotopic (exact) mass is 309 g/mol. The van der Waals surface area contributed by atoms with Gasteiger partial charge < -0.3 is 9.64 Å². The van der Waals surface area contributed by atoms with E-state index in [9.17, 15) is 4.79 Å². The SMILES string of the molecule is CCC1CCCCN1C(=O)C(C)Oc1ccc(Cl)cc1C. The molecule has 1 amide bonds. The molecule has 116 valence electrons. The molecule has 0 radical (unpaired) electrons. The van der Waals surface area contributed by atoms with Crippen LogP contribution in [0.15, 0.2) is 18.2 Å². The fraction of sp³-hybridized carbons (Fsp3) is 0.588. The first-order valence-electron chi connectivity index (χ1n) is 7.76. The van der Waals surface area contributed by atoms with E-state index < -0.39 is 6.10 Å². The Kier molecular flexibility index (Phi) is 5.51. The van der Waals surface area contributed by atoms with Crippen LogP contribution in [0.1, 0.15) is 45.1 Å². The van der Waals surface area contributed by atoms with Gasteiger partial charge in [-0.1, -0.05) is 18.5 Å². The third-order valence-corrected chi connectivity index (χ3v) is 4.41. The molecule has 3 nitrogen and oxygen atoms in total. The van der Waals surface area contributed by atoms with E-state index in [0.717, 1.165) is 37.1 Å². The normalized spacial score (nSPS) is 20.2. The number of aryl methyl sites for hydroxylation is 1. The number of hydrogen-bond acceptors (Lipinski definition) is 2. The number of hydrogen-bond donors (Lipinski definition) is 0. The maximum atomic E-state index is 12.6. The predicted octanol–water partition coefficient (Wildman–Crippen LogP) is 4.21. The van der Waals surface area contributed by atoms with Crippen LogP contribution in [0.4, 0.5) is 0 Å². The third kappa shape index (κ3) is 3.91. The molecule has 0 bridgehead atoms. The summed E-state index contributed by atoms with van der Waals surface area (Å²) in [5, 5.41) is 0.681. The Bertz CT molecular complexity index is 504. The molecule has 1 aliphatic rings. The molecule has 2 unspecified atom stereocenters. The highest BCUT2D eigenvalue weighted by atomic mass is 35.5. The zero-order valence-electron chi connectivity index (χ0n) is 13.1. The van der Waals surface area contributed by atoms with Gasteiger partial charge in [0.05, 0.1) is 0 Å². The van der Waals surface area contributed by atoms with Gasteiger partial charge in [0.1, 0.15) is 5.75 Å². The Morgan fingerprint density at radius 1 is 1.48 bits per heavy atom. The standard InChI is InChI=1S/C17H24ClNO2/c1-4-15-7-5-6-10-19(15)17(20)13(3)21-16-9-8-14(18)11-12(16)2/h8-9,11,13,15H,4-7,10H2,1-3H3. The molecule has 4 heteroatoms. The summed E-state index contributed by atoms with van der Waals surface area (Å²) in [5.74, 6) is 0.821. The summed E-state index contributed by atoms with van der Waals surface area (Å²) in [6.45, 7) is 6.77. The largest absolute Gasteiger partial charge is 0.481 e. The van der Waals surface area contributed by atoms with E-state index >= 15 is 0 Å². The Morgan fingerprint density at radius 2 is 2.24 bits per heavy atom. The van der Waals surface area contributed by atoms with Crippen molar-refractivity contribution < 1.29 is 9.53 Å². The van der Waals surface area contributed by atoms with Crippen LogP contribution in [0.5, 0.6) is 5.75 Å². The second-order valence-corrected chi connectivity index (χ2v) is 6.20. The molecule has 0 N–H and O–H groups in total. The number of piperidine rings is 1. The molecule has 1 aliphatic heterocycles. The van der Waals surface area contributed by atoms with Crippen LogP contribution in [0.25, 0.3) is 0 Å². The van der Waals surface area contributed by atoms with Gasteiger partial charge in [0.15, 0.2) is 6.10 Å². The van der Waals surface area contributed by atoms with Crippen LogP contribution in [0.3, 0.4) is 0 Å². The minimum absolute atomic E-state index is 0.0934. The van der Waals surface area contributed by atoms with Gasteiger partial charge >= 0.3 is 0 Å². The van der Waals surface area contributed by atoms with Crippen molar-refractivity contribution in [3.8, 4) is 5.75 Å². The van der Waals surface area contributed by atoms with Crippen LogP contribution in [-0.2, 0) is 4.79 Å². The van der Waals surface area contributed by atoms with Crippen molar-refractivity contribution in [3.05, 3.63) is 28.8 Å². The quantitative estimate of drug-likeness (QED) is 0.834. The van der Waals surface area contributed by atoms with Gasteiger partial charge in [-0.05, 0) is 63.3 Å². The number of carbonyl (C=O) groups excluding carboxylic acids is 1. The molecule has 21 heavy (non-hydrogen) atoms. The van der Waals surface area contributed by atoms with Crippen LogP contribution < -0.4 is 4.74 Å². The molecule has 2 atom stereocenters. The molecule has 0 aliphatic carbocycles. The summed E-state index contributed by atoms with van der Waals surface area (Å²) in [6.07, 6.45) is 3.97. The topological polar surface area (TPSA) is 29.5 Å². The van der Waals surface area contributed by atoms with Crippen molar-refractivity contribution in [3.63, 3.8) is 0 Å². The lowest BCUT2D eigenvalue weighted by atomic mass is 9.99. The zero-order valence-corrected chi connectivity index (χ0v) is 13.8. The van der Waals surface area contributed by atoms with Gasteiger partial charge in [0, 0.05) is 17.6 Å². The van der Waals surface area contributed by atoms with Crippen molar-refractivity contribution in [1.29, 1.82) is 0 Å². The van der Waals surface area contributed by atoms with E-state index in [0.29, 0.717) is 11.1 Å². The molecule has 1 fully saturated rings. The predicted molar refractivity (Wildman–Crippen MR) is 85.9 cm³/mol. The lowest BCUT2D eigenvalue weighted by molar-refractivity contribution is -0.141. The molecular weight excluding hydrogens is 286 g/mol. The van der Waals surface area contributed by atoms with Gasteiger partial charge in [-0.25, -0.2) is 0 Å². The number of likely N-dealkylation sites (tertiary alicyclic amines) is 1. The lowest BCUT2D eigenvalue weighted by Crippen LogP contribution is -2.48. The lowest BCUT2D eigenvalue weighted by Gasteiger charge is -2.36. The molecule has 0 saturated carbocycles. The van der Waals surface area contributed by atoms with Crippen LogP contribution >= 0.6 is 11.6 Å². The molecule has 1 aromatic rings. The highest BCUT2D eigenvalue weighted by molar-refractivity contribution is 6.30. The maximum Gasteiger partial charge on any atom is 0.263 e. The fourth-order valence-corrected chi connectivity index (χ4v) is 3.16. The molecule has 1 aromatic carbocycles. The number of benzene rings is 1. The Morgan fingerprint density at radius 3 is 2.90 bits per heavy atom. The van der Waals surface area contributed by atoms with Crippen LogP contribution in [-0.4, -0.2) is 29.5 Å². The van der Waals surface area contributed by atoms with E-state index in [2.05, 4.69) is 6.92 Å². The smallest absolute Gasteiger partial charge is 0.263 e. The second kappa shape index (κ2) is 7.17. The van der Waals surface area contributed by atoms with E-state index in [-0.39, 0.29) is 5.91 Å². The third-order valence-electron chi connectivity index (χ3n) is 4.17. The van der Waals surface area contributed by atoms with Crippen molar-refractivity contribution in [2.24, 2.45) is 0 Å². The van der Waals surface area contributed by atoms with E-state index in [1.807, 2.05) is 30.9 Å².